The summed E-state index contributed by atoms with van der Waals surface area (Å²) >= 11 is 4.70. The van der Waals surface area contributed by atoms with Gasteiger partial charge in [0, 0.05) is 10.2 Å². The van der Waals surface area contributed by atoms with Crippen LogP contribution in [-0.4, -0.2) is 33.1 Å². The van der Waals surface area contributed by atoms with Crippen molar-refractivity contribution in [2.45, 2.75) is 23.9 Å². The number of esters is 1. The van der Waals surface area contributed by atoms with Crippen LogP contribution < -0.4 is 4.74 Å². The molecule has 0 aliphatic carbocycles. The number of nitrogens with zero attached hydrogens (tertiary/aromatic N) is 3. The fraction of sp³-hybridized carbons (Fsp3) is 0.211. The third-order valence-corrected chi connectivity index (χ3v) is 5.26. The van der Waals surface area contributed by atoms with Crippen LogP contribution in [0.2, 0.25) is 0 Å². The Morgan fingerprint density at radius 1 is 1.15 bits per heavy atom. The van der Waals surface area contributed by atoms with Crippen molar-refractivity contribution < 1.29 is 14.3 Å². The molecule has 27 heavy (non-hydrogen) atoms. The number of hydrogen-bond donors (Lipinski definition) is 0. The van der Waals surface area contributed by atoms with E-state index in [2.05, 4.69) is 26.1 Å². The minimum absolute atomic E-state index is 0.247. The molecule has 0 bridgehead atoms. The number of thioether (sulfide) groups is 1. The maximum Gasteiger partial charge on any atom is 0.318 e. The molecule has 0 spiro atoms. The molecule has 0 amide bonds. The zero-order valence-corrected chi connectivity index (χ0v) is 17.2. The van der Waals surface area contributed by atoms with Gasteiger partial charge in [-0.15, -0.1) is 10.2 Å². The molecule has 0 fully saturated rings. The molecule has 1 atom stereocenters. The molecule has 0 unspecified atom stereocenters. The van der Waals surface area contributed by atoms with E-state index in [0.717, 1.165) is 15.9 Å². The average Bonchev–Trinajstić information content (AvgIpc) is 3.09. The highest BCUT2D eigenvalue weighted by Crippen LogP contribution is 2.27. The van der Waals surface area contributed by atoms with Crippen LogP contribution >= 0.6 is 27.7 Å². The van der Waals surface area contributed by atoms with Gasteiger partial charge in [-0.3, -0.25) is 9.36 Å². The molecule has 1 aromatic heterocycles. The number of methoxy groups -OCH3 is 1. The molecule has 0 radical (unpaired) electrons. The van der Waals surface area contributed by atoms with E-state index in [9.17, 15) is 4.79 Å². The number of benzene rings is 2. The molecule has 3 rings (SSSR count). The lowest BCUT2D eigenvalue weighted by atomic mass is 10.3. The van der Waals surface area contributed by atoms with E-state index in [1.54, 1.807) is 6.92 Å². The van der Waals surface area contributed by atoms with Crippen LogP contribution in [0.5, 0.6) is 5.75 Å². The Balaban J connectivity index is 1.87. The fourth-order valence-electron chi connectivity index (χ4n) is 2.36. The van der Waals surface area contributed by atoms with Gasteiger partial charge in [-0.25, -0.2) is 0 Å². The molecule has 0 saturated carbocycles. The Labute approximate surface area is 170 Å². The van der Waals surface area contributed by atoms with E-state index in [-0.39, 0.29) is 12.6 Å². The lowest BCUT2D eigenvalue weighted by molar-refractivity contribution is -0.139. The van der Waals surface area contributed by atoms with Gasteiger partial charge in [-0.05, 0) is 43.3 Å². The second-order valence-corrected chi connectivity index (χ2v) is 7.82. The van der Waals surface area contributed by atoms with Crippen molar-refractivity contribution in [3.8, 4) is 11.4 Å². The van der Waals surface area contributed by atoms with E-state index in [0.29, 0.717) is 11.0 Å². The predicted molar refractivity (Wildman–Crippen MR) is 107 cm³/mol. The Morgan fingerprint density at radius 3 is 2.52 bits per heavy atom. The van der Waals surface area contributed by atoms with E-state index < -0.39 is 5.25 Å². The SMILES string of the molecule is COC(=O)[C@@H](C)Sc1nnc(COc2ccc(Br)cc2)n1-c1ccccc1. The van der Waals surface area contributed by atoms with E-state index >= 15 is 0 Å². The minimum Gasteiger partial charge on any atom is -0.486 e. The first-order valence-electron chi connectivity index (χ1n) is 8.21. The molecule has 8 heteroatoms. The van der Waals surface area contributed by atoms with Crippen molar-refractivity contribution in [1.29, 1.82) is 0 Å². The quantitative estimate of drug-likeness (QED) is 0.398. The largest absolute Gasteiger partial charge is 0.486 e. The molecule has 0 aliphatic rings. The zero-order chi connectivity index (χ0) is 19.2. The van der Waals surface area contributed by atoms with Crippen molar-refractivity contribution in [2.24, 2.45) is 0 Å². The number of aromatic nitrogens is 3. The fourth-order valence-corrected chi connectivity index (χ4v) is 3.53. The van der Waals surface area contributed by atoms with E-state index in [4.69, 9.17) is 9.47 Å². The first kappa shape index (κ1) is 19.4. The van der Waals surface area contributed by atoms with E-state index in [1.807, 2.05) is 59.2 Å². The van der Waals surface area contributed by atoms with Gasteiger partial charge in [0.1, 0.15) is 17.6 Å². The first-order valence-corrected chi connectivity index (χ1v) is 9.88. The highest BCUT2D eigenvalue weighted by Gasteiger charge is 2.21. The Morgan fingerprint density at radius 2 is 1.85 bits per heavy atom. The van der Waals surface area contributed by atoms with Gasteiger partial charge in [0.15, 0.2) is 11.0 Å². The van der Waals surface area contributed by atoms with Gasteiger partial charge in [0.25, 0.3) is 0 Å². The molecular weight excluding hydrogens is 430 g/mol. The van der Waals surface area contributed by atoms with E-state index in [1.165, 1.54) is 18.9 Å². The van der Waals surface area contributed by atoms with Gasteiger partial charge >= 0.3 is 5.97 Å². The predicted octanol–water partition coefficient (Wildman–Crippen LogP) is 4.26. The first-order chi connectivity index (χ1) is 13.1. The molecule has 0 aliphatic heterocycles. The van der Waals surface area contributed by atoms with Crippen LogP contribution in [0, 0.1) is 0 Å². The number of carbonyl (C=O) groups is 1. The third-order valence-electron chi connectivity index (χ3n) is 3.71. The van der Waals surface area contributed by atoms with Crippen LogP contribution in [0.1, 0.15) is 12.7 Å². The summed E-state index contributed by atoms with van der Waals surface area (Å²) in [4.78, 5) is 11.8. The van der Waals surface area contributed by atoms with Crippen LogP contribution in [0.15, 0.2) is 64.2 Å². The van der Waals surface area contributed by atoms with Crippen molar-refractivity contribution in [1.82, 2.24) is 14.8 Å². The summed E-state index contributed by atoms with van der Waals surface area (Å²) in [6, 6.07) is 17.3. The molecule has 3 aromatic rings. The molecule has 6 nitrogen and oxygen atoms in total. The number of para-hydroxylation sites is 1. The summed E-state index contributed by atoms with van der Waals surface area (Å²) in [5, 5.41) is 8.73. The maximum atomic E-state index is 11.8. The van der Waals surface area contributed by atoms with Crippen molar-refractivity contribution in [3.05, 3.63) is 64.9 Å². The number of carbonyl (C=O) groups excluding carboxylic acids is 1. The zero-order valence-electron chi connectivity index (χ0n) is 14.8. The maximum absolute atomic E-state index is 11.8. The average molecular weight is 448 g/mol. The lowest BCUT2D eigenvalue weighted by Crippen LogP contribution is -2.16. The van der Waals surface area contributed by atoms with Crippen molar-refractivity contribution in [3.63, 3.8) is 0 Å². The summed E-state index contributed by atoms with van der Waals surface area (Å²) in [6.45, 7) is 2.02. The molecule has 140 valence electrons. The van der Waals surface area contributed by atoms with Crippen LogP contribution in [0.4, 0.5) is 0 Å². The van der Waals surface area contributed by atoms with Crippen molar-refractivity contribution in [2.75, 3.05) is 7.11 Å². The second kappa shape index (κ2) is 9.05. The van der Waals surface area contributed by atoms with Gasteiger partial charge in [-0.1, -0.05) is 45.9 Å². The van der Waals surface area contributed by atoms with Crippen molar-refractivity contribution >= 4 is 33.7 Å². The Hall–Kier alpha value is -2.32. The summed E-state index contributed by atoms with van der Waals surface area (Å²) < 4.78 is 13.5. The normalized spacial score (nSPS) is 11.8. The number of halogens is 1. The highest BCUT2D eigenvalue weighted by molar-refractivity contribution is 9.10. The summed E-state index contributed by atoms with van der Waals surface area (Å²) in [5.41, 5.74) is 0.900. The van der Waals surface area contributed by atoms with Gasteiger partial charge in [0.2, 0.25) is 0 Å². The number of rotatable bonds is 7. The summed E-state index contributed by atoms with van der Waals surface area (Å²) in [6.07, 6.45) is 0. The molecule has 0 saturated heterocycles. The monoisotopic (exact) mass is 447 g/mol. The third kappa shape index (κ3) is 4.90. The topological polar surface area (TPSA) is 66.2 Å². The highest BCUT2D eigenvalue weighted by atomic mass is 79.9. The standard InChI is InChI=1S/C19H18BrN3O3S/c1-13(18(24)25-2)27-19-22-21-17(23(19)15-6-4-3-5-7-15)12-26-16-10-8-14(20)9-11-16/h3-11,13H,12H2,1-2H3/t13-/m1/s1. The summed E-state index contributed by atoms with van der Waals surface area (Å²) in [5.74, 6) is 1.07. The molecule has 1 heterocycles. The molecule has 0 N–H and O–H groups in total. The van der Waals surface area contributed by atoms with Crippen LogP contribution in [-0.2, 0) is 16.1 Å². The molecular formula is C19H18BrN3O3S. The van der Waals surface area contributed by atoms with Crippen LogP contribution in [0.25, 0.3) is 5.69 Å². The van der Waals surface area contributed by atoms with Gasteiger partial charge in [-0.2, -0.15) is 0 Å². The Bertz CT molecular complexity index is 900. The number of ether oxygens (including phenoxy) is 2. The summed E-state index contributed by atoms with van der Waals surface area (Å²) in [7, 11) is 1.37. The Kier molecular flexibility index (Phi) is 6.52. The second-order valence-electron chi connectivity index (χ2n) is 5.60. The number of hydrogen-bond acceptors (Lipinski definition) is 6. The van der Waals surface area contributed by atoms with Crippen LogP contribution in [0.3, 0.4) is 0 Å². The van der Waals surface area contributed by atoms with Gasteiger partial charge in [0.05, 0.1) is 7.11 Å². The lowest BCUT2D eigenvalue weighted by Gasteiger charge is -2.13. The van der Waals surface area contributed by atoms with Gasteiger partial charge < -0.3 is 9.47 Å². The minimum atomic E-state index is -0.401. The molecule has 2 aromatic carbocycles. The smallest absolute Gasteiger partial charge is 0.318 e.